The second-order valence-electron chi connectivity index (χ2n) is 2.87. The van der Waals surface area contributed by atoms with Gasteiger partial charge in [0.15, 0.2) is 5.56 Å². The molecule has 1 aliphatic rings. The topological polar surface area (TPSA) is 21.3 Å². The lowest BCUT2D eigenvalue weighted by Gasteiger charge is -2.08. The molecule has 1 aromatic carbocycles. The standard InChI is InChI=1S/C10H7ClFNOS/c1-2-3-14-10-13-9-7(11)4-6(12)5-8(9)15-10/h1,4-5,10,13H,3H2. The molecule has 2 nitrogen and oxygen atoms in total. The number of benzene rings is 1. The van der Waals surface area contributed by atoms with Crippen molar-refractivity contribution in [2.24, 2.45) is 0 Å². The highest BCUT2D eigenvalue weighted by molar-refractivity contribution is 8.00. The third-order valence-corrected chi connectivity index (χ3v) is 3.18. The fourth-order valence-electron chi connectivity index (χ4n) is 1.25. The van der Waals surface area contributed by atoms with Gasteiger partial charge in [-0.25, -0.2) is 4.39 Å². The number of fused-ring (bicyclic) bond motifs is 1. The Labute approximate surface area is 96.1 Å². The molecule has 0 bridgehead atoms. The van der Waals surface area contributed by atoms with Gasteiger partial charge in [-0.2, -0.15) is 0 Å². The van der Waals surface area contributed by atoms with Crippen LogP contribution in [-0.4, -0.2) is 12.2 Å². The Bertz CT molecular complexity index is 432. The molecule has 5 heteroatoms. The van der Waals surface area contributed by atoms with Crippen LogP contribution in [0, 0.1) is 18.2 Å². The third-order valence-electron chi connectivity index (χ3n) is 1.83. The fraction of sp³-hybridized carbons (Fsp3) is 0.200. The zero-order valence-electron chi connectivity index (χ0n) is 7.59. The summed E-state index contributed by atoms with van der Waals surface area (Å²) in [6, 6.07) is 2.68. The van der Waals surface area contributed by atoms with Gasteiger partial charge in [-0.15, -0.1) is 6.42 Å². The molecule has 15 heavy (non-hydrogen) atoms. The number of anilines is 1. The maximum atomic E-state index is 13.0. The minimum atomic E-state index is -0.356. The summed E-state index contributed by atoms with van der Waals surface area (Å²) in [6.45, 7) is 0.207. The van der Waals surface area contributed by atoms with Crippen LogP contribution in [0.4, 0.5) is 10.1 Å². The number of ether oxygens (including phenoxy) is 1. The fourth-order valence-corrected chi connectivity index (χ4v) is 2.57. The number of nitrogens with one attached hydrogen (secondary N) is 1. The molecule has 1 aromatic rings. The van der Waals surface area contributed by atoms with E-state index in [0.29, 0.717) is 10.7 Å². The second-order valence-corrected chi connectivity index (χ2v) is 4.38. The lowest BCUT2D eigenvalue weighted by Crippen LogP contribution is -2.14. The molecule has 1 heterocycles. The normalized spacial score (nSPS) is 18.1. The molecule has 0 fully saturated rings. The van der Waals surface area contributed by atoms with Gasteiger partial charge in [-0.1, -0.05) is 29.3 Å². The number of halogens is 2. The molecule has 0 radical (unpaired) electrons. The largest absolute Gasteiger partial charge is 0.349 e. The van der Waals surface area contributed by atoms with Crippen LogP contribution in [0.25, 0.3) is 0 Å². The molecule has 0 saturated carbocycles. The number of hydrogen-bond donors (Lipinski definition) is 1. The summed E-state index contributed by atoms with van der Waals surface area (Å²) in [7, 11) is 0. The van der Waals surface area contributed by atoms with Crippen LogP contribution in [0.3, 0.4) is 0 Å². The smallest absolute Gasteiger partial charge is 0.182 e. The second kappa shape index (κ2) is 4.31. The van der Waals surface area contributed by atoms with Gasteiger partial charge in [0.25, 0.3) is 0 Å². The summed E-state index contributed by atoms with van der Waals surface area (Å²) >= 11 is 7.21. The van der Waals surface area contributed by atoms with Gasteiger partial charge in [0, 0.05) is 4.90 Å². The predicted octanol–water partition coefficient (Wildman–Crippen LogP) is 2.93. The lowest BCUT2D eigenvalue weighted by atomic mass is 10.3. The van der Waals surface area contributed by atoms with E-state index in [1.807, 2.05) is 0 Å². The van der Waals surface area contributed by atoms with Gasteiger partial charge in [0.05, 0.1) is 10.7 Å². The zero-order chi connectivity index (χ0) is 10.8. The molecule has 2 rings (SSSR count). The van der Waals surface area contributed by atoms with Crippen molar-refractivity contribution in [3.8, 4) is 12.3 Å². The first kappa shape index (κ1) is 10.6. The van der Waals surface area contributed by atoms with E-state index in [2.05, 4.69) is 11.2 Å². The summed E-state index contributed by atoms with van der Waals surface area (Å²) in [5.41, 5.74) is 0.403. The van der Waals surface area contributed by atoms with Crippen LogP contribution in [0.1, 0.15) is 0 Å². The monoisotopic (exact) mass is 243 g/mol. The van der Waals surface area contributed by atoms with Gasteiger partial charge >= 0.3 is 0 Å². The maximum absolute atomic E-state index is 13.0. The van der Waals surface area contributed by atoms with Crippen molar-refractivity contribution < 1.29 is 9.13 Å². The molecule has 78 valence electrons. The molecule has 1 N–H and O–H groups in total. The Morgan fingerprint density at radius 1 is 1.67 bits per heavy atom. The van der Waals surface area contributed by atoms with Gasteiger partial charge < -0.3 is 10.1 Å². The maximum Gasteiger partial charge on any atom is 0.182 e. The van der Waals surface area contributed by atoms with E-state index >= 15 is 0 Å². The van der Waals surface area contributed by atoms with Crippen LogP contribution in [0.5, 0.6) is 0 Å². The summed E-state index contributed by atoms with van der Waals surface area (Å²) < 4.78 is 18.3. The molecule has 0 amide bonds. The summed E-state index contributed by atoms with van der Waals surface area (Å²) in [5.74, 6) is 2.01. The molecule has 0 saturated heterocycles. The highest BCUT2D eigenvalue weighted by Crippen LogP contribution is 2.43. The third kappa shape index (κ3) is 2.20. The van der Waals surface area contributed by atoms with Gasteiger partial charge in [-0.3, -0.25) is 0 Å². The number of rotatable bonds is 2. The van der Waals surface area contributed by atoms with E-state index in [0.717, 1.165) is 4.90 Å². The van der Waals surface area contributed by atoms with Crippen molar-refractivity contribution in [2.75, 3.05) is 11.9 Å². The van der Waals surface area contributed by atoms with Crippen LogP contribution in [-0.2, 0) is 4.74 Å². The predicted molar refractivity (Wildman–Crippen MR) is 59.5 cm³/mol. The van der Waals surface area contributed by atoms with Gasteiger partial charge in [0.2, 0.25) is 0 Å². The Kier molecular flexibility index (Phi) is 3.06. The van der Waals surface area contributed by atoms with Gasteiger partial charge in [-0.05, 0) is 12.1 Å². The molecule has 1 unspecified atom stereocenters. The Hall–Kier alpha value is -0.890. The Morgan fingerprint density at radius 2 is 2.47 bits per heavy atom. The van der Waals surface area contributed by atoms with Crippen LogP contribution in [0.2, 0.25) is 5.02 Å². The van der Waals surface area contributed by atoms with E-state index in [4.69, 9.17) is 22.8 Å². The van der Waals surface area contributed by atoms with Crippen molar-refractivity contribution in [2.45, 2.75) is 10.5 Å². The first-order valence-electron chi connectivity index (χ1n) is 4.18. The minimum absolute atomic E-state index is 0.207. The minimum Gasteiger partial charge on any atom is -0.349 e. The first-order valence-corrected chi connectivity index (χ1v) is 5.44. The van der Waals surface area contributed by atoms with E-state index < -0.39 is 0 Å². The highest BCUT2D eigenvalue weighted by atomic mass is 35.5. The van der Waals surface area contributed by atoms with Crippen molar-refractivity contribution in [3.63, 3.8) is 0 Å². The number of thioether (sulfide) groups is 1. The SMILES string of the molecule is C#CCOC1Nc2c(Cl)cc(F)cc2S1. The van der Waals surface area contributed by atoms with E-state index in [1.165, 1.54) is 23.9 Å². The van der Waals surface area contributed by atoms with Gasteiger partial charge in [0.1, 0.15) is 12.4 Å². The van der Waals surface area contributed by atoms with E-state index in [-0.39, 0.29) is 18.0 Å². The molecule has 1 atom stereocenters. The summed E-state index contributed by atoms with van der Waals surface area (Å²) in [6.07, 6.45) is 5.07. The van der Waals surface area contributed by atoms with Crippen molar-refractivity contribution in [3.05, 3.63) is 23.0 Å². The highest BCUT2D eigenvalue weighted by Gasteiger charge is 2.24. The Balaban J connectivity index is 2.17. The molecular weight excluding hydrogens is 237 g/mol. The molecule has 0 spiro atoms. The zero-order valence-corrected chi connectivity index (χ0v) is 9.16. The van der Waals surface area contributed by atoms with Crippen molar-refractivity contribution in [1.82, 2.24) is 0 Å². The van der Waals surface area contributed by atoms with Crippen LogP contribution < -0.4 is 5.32 Å². The molecule has 0 aromatic heterocycles. The Morgan fingerprint density at radius 3 is 3.20 bits per heavy atom. The first-order chi connectivity index (χ1) is 7.20. The van der Waals surface area contributed by atoms with E-state index in [1.54, 1.807) is 0 Å². The molecular formula is C10H7ClFNOS. The summed E-state index contributed by atoms with van der Waals surface area (Å²) in [4.78, 5) is 0.738. The van der Waals surface area contributed by atoms with Crippen molar-refractivity contribution in [1.29, 1.82) is 0 Å². The van der Waals surface area contributed by atoms with Crippen molar-refractivity contribution >= 4 is 29.1 Å². The van der Waals surface area contributed by atoms with Crippen LogP contribution >= 0.6 is 23.4 Å². The molecule has 0 aliphatic carbocycles. The number of terminal acetylenes is 1. The van der Waals surface area contributed by atoms with E-state index in [9.17, 15) is 4.39 Å². The molecule has 1 aliphatic heterocycles. The lowest BCUT2D eigenvalue weighted by molar-refractivity contribution is 0.164. The number of hydrogen-bond acceptors (Lipinski definition) is 3. The average Bonchev–Trinajstić information content (AvgIpc) is 2.57. The van der Waals surface area contributed by atoms with Crippen LogP contribution in [0.15, 0.2) is 17.0 Å². The summed E-state index contributed by atoms with van der Waals surface area (Å²) in [5, 5.41) is 3.36. The quantitative estimate of drug-likeness (QED) is 0.807. The average molecular weight is 244 g/mol.